The summed E-state index contributed by atoms with van der Waals surface area (Å²) in [6, 6.07) is 15.1. The van der Waals surface area contributed by atoms with Crippen LogP contribution in [-0.2, 0) is 27.2 Å². The molecule has 172 valence electrons. The molecule has 0 saturated carbocycles. The minimum Gasteiger partial charge on any atom is -0.444 e. The maximum Gasteiger partial charge on any atom is 0.408 e. The minimum atomic E-state index is -0.727. The van der Waals surface area contributed by atoms with E-state index in [1.54, 1.807) is 34.9 Å². The first-order chi connectivity index (χ1) is 14.9. The van der Waals surface area contributed by atoms with E-state index in [4.69, 9.17) is 10.5 Å². The smallest absolute Gasteiger partial charge is 0.408 e. The minimum absolute atomic E-state index is 0.202. The number of amides is 3. The summed E-state index contributed by atoms with van der Waals surface area (Å²) in [5.41, 5.74) is 8.62. The average molecular weight is 440 g/mol. The highest BCUT2D eigenvalue weighted by Crippen LogP contribution is 2.21. The highest BCUT2D eigenvalue weighted by Gasteiger charge is 2.25. The molecule has 0 spiro atoms. The second kappa shape index (κ2) is 10.8. The number of nitrogens with two attached hydrogens (primary N) is 1. The van der Waals surface area contributed by atoms with Crippen molar-refractivity contribution < 1.29 is 19.1 Å². The number of aryl methyl sites for hydroxylation is 1. The molecule has 0 fully saturated rings. The number of ether oxygens (including phenoxy) is 1. The number of alkyl carbamates (subject to hydrolysis) is 1. The molecule has 0 unspecified atom stereocenters. The van der Waals surface area contributed by atoms with Crippen LogP contribution in [0.2, 0.25) is 0 Å². The molecule has 2 aromatic carbocycles. The van der Waals surface area contributed by atoms with Crippen molar-refractivity contribution in [1.82, 2.24) is 10.2 Å². The number of rotatable bonds is 8. The van der Waals surface area contributed by atoms with Crippen molar-refractivity contribution >= 4 is 17.9 Å². The topological polar surface area (TPSA) is 102 Å². The summed E-state index contributed by atoms with van der Waals surface area (Å²) in [4.78, 5) is 37.2. The van der Waals surface area contributed by atoms with Gasteiger partial charge in [0, 0.05) is 26.9 Å². The van der Waals surface area contributed by atoms with E-state index in [2.05, 4.69) is 5.32 Å². The summed E-state index contributed by atoms with van der Waals surface area (Å²) >= 11 is 0. The molecule has 0 aliphatic carbocycles. The van der Waals surface area contributed by atoms with E-state index < -0.39 is 17.7 Å². The zero-order valence-electron chi connectivity index (χ0n) is 19.5. The van der Waals surface area contributed by atoms with Crippen molar-refractivity contribution in [2.45, 2.75) is 51.7 Å². The van der Waals surface area contributed by atoms with Gasteiger partial charge in [-0.3, -0.25) is 9.59 Å². The van der Waals surface area contributed by atoms with Crippen LogP contribution in [0.25, 0.3) is 11.1 Å². The predicted molar refractivity (Wildman–Crippen MR) is 125 cm³/mol. The summed E-state index contributed by atoms with van der Waals surface area (Å²) < 4.78 is 5.31. The number of carbonyl (C=O) groups excluding carboxylic acids is 3. The van der Waals surface area contributed by atoms with Gasteiger partial charge in [0.2, 0.25) is 11.8 Å². The lowest BCUT2D eigenvalue weighted by molar-refractivity contribution is -0.130. The van der Waals surface area contributed by atoms with Crippen molar-refractivity contribution in [3.8, 4) is 11.1 Å². The van der Waals surface area contributed by atoms with Gasteiger partial charge in [-0.15, -0.1) is 0 Å². The second-order valence-electron chi connectivity index (χ2n) is 9.00. The Hall–Kier alpha value is -3.35. The van der Waals surface area contributed by atoms with Gasteiger partial charge in [0.05, 0.1) is 0 Å². The Morgan fingerprint density at radius 3 is 1.88 bits per heavy atom. The van der Waals surface area contributed by atoms with Crippen molar-refractivity contribution in [1.29, 1.82) is 0 Å². The van der Waals surface area contributed by atoms with E-state index in [1.807, 2.05) is 48.5 Å². The highest BCUT2D eigenvalue weighted by atomic mass is 16.6. The normalized spacial score (nSPS) is 12.0. The van der Waals surface area contributed by atoms with Crippen LogP contribution in [-0.4, -0.2) is 48.5 Å². The van der Waals surface area contributed by atoms with Gasteiger partial charge in [-0.2, -0.15) is 0 Å². The third kappa shape index (κ3) is 8.06. The van der Waals surface area contributed by atoms with Gasteiger partial charge in [0.1, 0.15) is 11.6 Å². The van der Waals surface area contributed by atoms with E-state index in [0.29, 0.717) is 19.3 Å². The van der Waals surface area contributed by atoms with E-state index >= 15 is 0 Å². The lowest BCUT2D eigenvalue weighted by Crippen LogP contribution is -2.48. The lowest BCUT2D eigenvalue weighted by Gasteiger charge is -2.25. The Bertz CT molecular complexity index is 929. The third-order valence-corrected chi connectivity index (χ3v) is 4.77. The van der Waals surface area contributed by atoms with Crippen LogP contribution in [0.5, 0.6) is 0 Å². The molecule has 0 saturated heterocycles. The molecule has 7 nitrogen and oxygen atoms in total. The van der Waals surface area contributed by atoms with Crippen molar-refractivity contribution in [3.63, 3.8) is 0 Å². The number of benzene rings is 2. The Morgan fingerprint density at radius 2 is 1.44 bits per heavy atom. The molecular formula is C25H33N3O4. The number of carbonyl (C=O) groups is 3. The quantitative estimate of drug-likeness (QED) is 0.659. The molecule has 0 heterocycles. The molecule has 1 atom stereocenters. The van der Waals surface area contributed by atoms with Crippen LogP contribution in [0.1, 0.15) is 38.3 Å². The average Bonchev–Trinajstić information content (AvgIpc) is 2.70. The van der Waals surface area contributed by atoms with E-state index in [1.165, 1.54) is 4.90 Å². The number of hydrogen-bond acceptors (Lipinski definition) is 4. The number of likely N-dealkylation sites (N-methyl/N-ethyl adjacent to an activating group) is 1. The van der Waals surface area contributed by atoms with Gasteiger partial charge in [-0.25, -0.2) is 4.79 Å². The van der Waals surface area contributed by atoms with Gasteiger partial charge >= 0.3 is 6.09 Å². The Morgan fingerprint density at radius 1 is 0.938 bits per heavy atom. The predicted octanol–water partition coefficient (Wildman–Crippen LogP) is 3.30. The Labute approximate surface area is 189 Å². The molecule has 0 bridgehead atoms. The van der Waals surface area contributed by atoms with Crippen LogP contribution in [0.4, 0.5) is 4.79 Å². The zero-order chi connectivity index (χ0) is 23.9. The van der Waals surface area contributed by atoms with E-state index in [9.17, 15) is 14.4 Å². The van der Waals surface area contributed by atoms with Crippen molar-refractivity contribution in [3.05, 3.63) is 59.7 Å². The molecular weight excluding hydrogens is 406 g/mol. The first kappa shape index (κ1) is 24.9. The Balaban J connectivity index is 2.09. The summed E-state index contributed by atoms with van der Waals surface area (Å²) in [5, 5.41) is 2.69. The van der Waals surface area contributed by atoms with E-state index in [0.717, 1.165) is 22.3 Å². The molecule has 3 amide bonds. The van der Waals surface area contributed by atoms with Crippen LogP contribution in [0, 0.1) is 0 Å². The first-order valence-electron chi connectivity index (χ1n) is 10.6. The summed E-state index contributed by atoms with van der Waals surface area (Å²) in [5.74, 6) is -0.511. The molecule has 32 heavy (non-hydrogen) atoms. The third-order valence-electron chi connectivity index (χ3n) is 4.77. The van der Waals surface area contributed by atoms with Crippen LogP contribution < -0.4 is 11.1 Å². The molecule has 0 aromatic heterocycles. The van der Waals surface area contributed by atoms with Gasteiger partial charge in [-0.05, 0) is 49.4 Å². The van der Waals surface area contributed by atoms with E-state index in [-0.39, 0.29) is 11.8 Å². The summed E-state index contributed by atoms with van der Waals surface area (Å²) in [6.45, 7) is 5.33. The molecule has 0 radical (unpaired) electrons. The summed E-state index contributed by atoms with van der Waals surface area (Å²) in [6.07, 6.45) is 0.687. The van der Waals surface area contributed by atoms with Gasteiger partial charge in [-0.1, -0.05) is 48.5 Å². The molecule has 7 heteroatoms. The SMILES string of the molecule is CN(C)C(=O)[C@H](Cc1ccc(-c2ccc(CCC(N)=O)cc2)cc1)NC(=O)OC(C)(C)C. The molecule has 3 N–H and O–H groups in total. The van der Waals surface area contributed by atoms with Gasteiger partial charge in [0.15, 0.2) is 0 Å². The lowest BCUT2D eigenvalue weighted by atomic mass is 9.99. The summed E-state index contributed by atoms with van der Waals surface area (Å²) in [7, 11) is 3.31. The fourth-order valence-corrected chi connectivity index (χ4v) is 3.16. The number of primary amides is 1. The molecule has 0 aliphatic heterocycles. The largest absolute Gasteiger partial charge is 0.444 e. The Kier molecular flexibility index (Phi) is 8.41. The highest BCUT2D eigenvalue weighted by molar-refractivity contribution is 5.85. The fraction of sp³-hybridized carbons (Fsp3) is 0.400. The fourth-order valence-electron chi connectivity index (χ4n) is 3.16. The van der Waals surface area contributed by atoms with Crippen LogP contribution in [0.15, 0.2) is 48.5 Å². The van der Waals surface area contributed by atoms with Gasteiger partial charge < -0.3 is 20.7 Å². The number of nitrogens with zero attached hydrogens (tertiary/aromatic N) is 1. The number of hydrogen-bond donors (Lipinski definition) is 2. The van der Waals surface area contributed by atoms with Crippen molar-refractivity contribution in [2.75, 3.05) is 14.1 Å². The van der Waals surface area contributed by atoms with Crippen molar-refractivity contribution in [2.24, 2.45) is 5.73 Å². The first-order valence-corrected chi connectivity index (χ1v) is 10.6. The standard InChI is InChI=1S/C25H33N3O4/c1-25(2,3)32-24(31)27-21(23(30)28(4)5)16-18-8-13-20(14-9-18)19-11-6-17(7-12-19)10-15-22(26)29/h6-9,11-14,21H,10,15-16H2,1-5H3,(H2,26,29)(H,27,31)/t21-/m0/s1. The number of nitrogens with one attached hydrogen (secondary N) is 1. The second-order valence-corrected chi connectivity index (χ2v) is 9.00. The maximum atomic E-state index is 12.6. The molecule has 2 rings (SSSR count). The molecule has 2 aromatic rings. The maximum absolute atomic E-state index is 12.6. The monoisotopic (exact) mass is 439 g/mol. The van der Waals surface area contributed by atoms with Crippen LogP contribution in [0.3, 0.4) is 0 Å². The zero-order valence-corrected chi connectivity index (χ0v) is 19.5. The molecule has 0 aliphatic rings. The van der Waals surface area contributed by atoms with Gasteiger partial charge in [0.25, 0.3) is 0 Å². The van der Waals surface area contributed by atoms with Crippen LogP contribution >= 0.6 is 0 Å².